The van der Waals surface area contributed by atoms with Gasteiger partial charge in [-0.3, -0.25) is 4.79 Å². The minimum atomic E-state index is 0.0132. The Morgan fingerprint density at radius 1 is 1.64 bits per heavy atom. The number of likely N-dealkylation sites (N-methyl/N-ethyl adjacent to an activating group) is 1. The molecule has 0 radical (unpaired) electrons. The standard InChI is InChI=1S/C10H10N2O2/c1-11-5-9(13)8-6-14-10-7(8)3-2-4-12-10/h2-4,6,11H,5H2,1H3. The van der Waals surface area contributed by atoms with Gasteiger partial charge < -0.3 is 9.73 Å². The zero-order valence-corrected chi connectivity index (χ0v) is 7.78. The van der Waals surface area contributed by atoms with Crippen LogP contribution in [0.1, 0.15) is 10.4 Å². The number of ketones is 1. The number of carbonyl (C=O) groups is 1. The summed E-state index contributed by atoms with van der Waals surface area (Å²) in [6.45, 7) is 0.309. The molecule has 0 saturated heterocycles. The van der Waals surface area contributed by atoms with Crippen LogP contribution in [0.25, 0.3) is 11.1 Å². The lowest BCUT2D eigenvalue weighted by molar-refractivity contribution is 0.0994. The average molecular weight is 190 g/mol. The van der Waals surface area contributed by atoms with E-state index in [1.165, 1.54) is 6.26 Å². The van der Waals surface area contributed by atoms with Crippen molar-refractivity contribution in [1.29, 1.82) is 0 Å². The Morgan fingerprint density at radius 2 is 2.50 bits per heavy atom. The summed E-state index contributed by atoms with van der Waals surface area (Å²) in [5, 5.41) is 3.58. The van der Waals surface area contributed by atoms with Gasteiger partial charge in [-0.2, -0.15) is 0 Å². The first kappa shape index (κ1) is 8.90. The summed E-state index contributed by atoms with van der Waals surface area (Å²) in [5.41, 5.74) is 1.09. The number of furan rings is 1. The Bertz CT molecular complexity index is 462. The lowest BCUT2D eigenvalue weighted by Gasteiger charge is -1.95. The van der Waals surface area contributed by atoms with Gasteiger partial charge in [0, 0.05) is 6.20 Å². The van der Waals surface area contributed by atoms with Crippen molar-refractivity contribution in [2.75, 3.05) is 13.6 Å². The van der Waals surface area contributed by atoms with Crippen molar-refractivity contribution >= 4 is 16.9 Å². The maximum Gasteiger partial charge on any atom is 0.226 e. The highest BCUT2D eigenvalue weighted by atomic mass is 16.3. The smallest absolute Gasteiger partial charge is 0.226 e. The van der Waals surface area contributed by atoms with Crippen molar-refractivity contribution in [2.45, 2.75) is 0 Å². The molecule has 0 bridgehead atoms. The highest BCUT2D eigenvalue weighted by Crippen LogP contribution is 2.18. The number of nitrogens with zero attached hydrogens (tertiary/aromatic N) is 1. The summed E-state index contributed by atoms with van der Waals surface area (Å²) in [6, 6.07) is 3.61. The second kappa shape index (κ2) is 3.59. The molecule has 4 nitrogen and oxygen atoms in total. The second-order valence-electron chi connectivity index (χ2n) is 2.96. The van der Waals surface area contributed by atoms with Crippen LogP contribution in [0.5, 0.6) is 0 Å². The molecule has 0 amide bonds. The molecule has 2 aromatic heterocycles. The topological polar surface area (TPSA) is 55.1 Å². The minimum Gasteiger partial charge on any atom is -0.445 e. The van der Waals surface area contributed by atoms with Crippen LogP contribution in [0.3, 0.4) is 0 Å². The summed E-state index contributed by atoms with van der Waals surface area (Å²) in [4.78, 5) is 15.6. The van der Waals surface area contributed by atoms with Crippen LogP contribution in [0.2, 0.25) is 0 Å². The van der Waals surface area contributed by atoms with Crippen molar-refractivity contribution in [3.8, 4) is 0 Å². The van der Waals surface area contributed by atoms with Crippen LogP contribution in [0.4, 0.5) is 0 Å². The molecule has 2 aromatic rings. The molecule has 72 valence electrons. The predicted molar refractivity (Wildman–Crippen MR) is 52.3 cm³/mol. The van der Waals surface area contributed by atoms with Crippen LogP contribution in [-0.2, 0) is 0 Å². The van der Waals surface area contributed by atoms with E-state index in [0.29, 0.717) is 17.8 Å². The summed E-state index contributed by atoms with van der Waals surface area (Å²) in [5.74, 6) is 0.0132. The van der Waals surface area contributed by atoms with Gasteiger partial charge in [-0.25, -0.2) is 4.98 Å². The Kier molecular flexibility index (Phi) is 2.28. The maximum atomic E-state index is 11.6. The van der Waals surface area contributed by atoms with E-state index in [1.54, 1.807) is 19.3 Å². The Balaban J connectivity index is 2.47. The van der Waals surface area contributed by atoms with E-state index < -0.39 is 0 Å². The third-order valence-electron chi connectivity index (χ3n) is 1.99. The van der Waals surface area contributed by atoms with Crippen LogP contribution in [0, 0.1) is 0 Å². The van der Waals surface area contributed by atoms with Crippen molar-refractivity contribution < 1.29 is 9.21 Å². The molecule has 4 heteroatoms. The molecule has 0 spiro atoms. The number of rotatable bonds is 3. The Morgan fingerprint density at radius 3 is 3.29 bits per heavy atom. The van der Waals surface area contributed by atoms with Gasteiger partial charge >= 0.3 is 0 Å². The summed E-state index contributed by atoms with van der Waals surface area (Å²) in [7, 11) is 1.73. The quantitative estimate of drug-likeness (QED) is 0.739. The van der Waals surface area contributed by atoms with Crippen LogP contribution >= 0.6 is 0 Å². The van der Waals surface area contributed by atoms with Gasteiger partial charge in [-0.05, 0) is 19.2 Å². The summed E-state index contributed by atoms with van der Waals surface area (Å²) in [6.07, 6.45) is 3.09. The average Bonchev–Trinajstić information content (AvgIpc) is 2.61. The van der Waals surface area contributed by atoms with Crippen molar-refractivity contribution in [3.05, 3.63) is 30.2 Å². The normalized spacial score (nSPS) is 10.6. The molecule has 0 unspecified atom stereocenters. The molecule has 0 fully saturated rings. The van der Waals surface area contributed by atoms with Crippen molar-refractivity contribution in [3.63, 3.8) is 0 Å². The highest BCUT2D eigenvalue weighted by molar-refractivity contribution is 6.07. The fourth-order valence-corrected chi connectivity index (χ4v) is 1.34. The number of fused-ring (bicyclic) bond motifs is 1. The molecular formula is C10H10N2O2. The largest absolute Gasteiger partial charge is 0.445 e. The minimum absolute atomic E-state index is 0.0132. The number of Topliss-reactive ketones (excluding diaryl/α,β-unsaturated/α-hetero) is 1. The number of carbonyl (C=O) groups excluding carboxylic acids is 1. The van der Waals surface area contributed by atoms with E-state index in [2.05, 4.69) is 10.3 Å². The van der Waals surface area contributed by atoms with Gasteiger partial charge in [0.05, 0.1) is 17.5 Å². The number of nitrogens with one attached hydrogen (secondary N) is 1. The van der Waals surface area contributed by atoms with Crippen LogP contribution in [-0.4, -0.2) is 24.4 Å². The predicted octanol–water partition coefficient (Wildman–Crippen LogP) is 1.23. The molecule has 0 aromatic carbocycles. The van der Waals surface area contributed by atoms with E-state index in [4.69, 9.17) is 4.42 Å². The van der Waals surface area contributed by atoms with Crippen molar-refractivity contribution in [2.24, 2.45) is 0 Å². The lowest BCUT2D eigenvalue weighted by atomic mass is 10.1. The zero-order chi connectivity index (χ0) is 9.97. The Labute approximate surface area is 80.9 Å². The first-order chi connectivity index (χ1) is 6.83. The molecule has 0 saturated carbocycles. The number of hydrogen-bond donors (Lipinski definition) is 1. The number of hydrogen-bond acceptors (Lipinski definition) is 4. The highest BCUT2D eigenvalue weighted by Gasteiger charge is 2.12. The molecule has 14 heavy (non-hydrogen) atoms. The Hall–Kier alpha value is -1.68. The van der Waals surface area contributed by atoms with E-state index in [9.17, 15) is 4.79 Å². The first-order valence-corrected chi connectivity index (χ1v) is 4.33. The first-order valence-electron chi connectivity index (χ1n) is 4.33. The van der Waals surface area contributed by atoms with E-state index in [-0.39, 0.29) is 5.78 Å². The molecule has 0 aliphatic rings. The lowest BCUT2D eigenvalue weighted by Crippen LogP contribution is -2.18. The molecule has 2 rings (SSSR count). The third-order valence-corrected chi connectivity index (χ3v) is 1.99. The summed E-state index contributed by atoms with van der Waals surface area (Å²) >= 11 is 0. The molecular weight excluding hydrogens is 180 g/mol. The number of aromatic nitrogens is 1. The molecule has 0 aliphatic heterocycles. The van der Waals surface area contributed by atoms with Gasteiger partial charge in [-0.1, -0.05) is 0 Å². The van der Waals surface area contributed by atoms with E-state index in [1.807, 2.05) is 6.07 Å². The summed E-state index contributed by atoms with van der Waals surface area (Å²) < 4.78 is 5.16. The fourth-order valence-electron chi connectivity index (χ4n) is 1.34. The van der Waals surface area contributed by atoms with Crippen LogP contribution in [0.15, 0.2) is 29.0 Å². The van der Waals surface area contributed by atoms with Gasteiger partial charge in [0.2, 0.25) is 5.71 Å². The fraction of sp³-hybridized carbons (Fsp3) is 0.200. The van der Waals surface area contributed by atoms with Gasteiger partial charge in [0.15, 0.2) is 5.78 Å². The molecule has 1 N–H and O–H groups in total. The molecule has 0 atom stereocenters. The second-order valence-corrected chi connectivity index (χ2v) is 2.96. The monoisotopic (exact) mass is 190 g/mol. The third kappa shape index (κ3) is 1.40. The molecule has 0 aliphatic carbocycles. The van der Waals surface area contributed by atoms with E-state index in [0.717, 1.165) is 5.39 Å². The molecule has 2 heterocycles. The van der Waals surface area contributed by atoms with Gasteiger partial charge in [0.1, 0.15) is 6.26 Å². The number of pyridine rings is 1. The van der Waals surface area contributed by atoms with Gasteiger partial charge in [-0.15, -0.1) is 0 Å². The zero-order valence-electron chi connectivity index (χ0n) is 7.78. The van der Waals surface area contributed by atoms with Gasteiger partial charge in [0.25, 0.3) is 0 Å². The van der Waals surface area contributed by atoms with E-state index >= 15 is 0 Å². The SMILES string of the molecule is CNCC(=O)c1coc2ncccc12. The van der Waals surface area contributed by atoms with Crippen LogP contribution < -0.4 is 5.32 Å². The maximum absolute atomic E-state index is 11.6. The van der Waals surface area contributed by atoms with Crippen molar-refractivity contribution in [1.82, 2.24) is 10.3 Å².